The van der Waals surface area contributed by atoms with E-state index in [9.17, 15) is 9.90 Å². The van der Waals surface area contributed by atoms with Crippen molar-refractivity contribution >= 4 is 11.6 Å². The van der Waals surface area contributed by atoms with E-state index in [-0.39, 0.29) is 18.1 Å². The van der Waals surface area contributed by atoms with Gasteiger partial charge in [0.05, 0.1) is 12.6 Å². The number of rotatable bonds is 2. The van der Waals surface area contributed by atoms with Crippen LogP contribution in [0, 0.1) is 0 Å². The fourth-order valence-electron chi connectivity index (χ4n) is 3.39. The standard InChI is InChI=1S/C16H22N2O2/c1-12-9-13-5-2-3-7-15(13)18(12)16(20)11-17-8-4-6-14(19)10-17/h2-3,5,7,12,14,19H,4,6,8-11H2,1H3/t12?,14-/m0/s1. The molecule has 1 amide bonds. The van der Waals surface area contributed by atoms with Crippen LogP contribution in [0.4, 0.5) is 5.69 Å². The molecular weight excluding hydrogens is 252 g/mol. The lowest BCUT2D eigenvalue weighted by Crippen LogP contribution is -2.47. The number of fused-ring (bicyclic) bond motifs is 1. The molecule has 0 bridgehead atoms. The third-order valence-corrected chi connectivity index (χ3v) is 4.32. The van der Waals surface area contributed by atoms with Gasteiger partial charge in [0, 0.05) is 18.3 Å². The number of hydrogen-bond donors (Lipinski definition) is 1. The van der Waals surface area contributed by atoms with E-state index in [0.29, 0.717) is 13.1 Å². The molecule has 1 aromatic carbocycles. The number of benzene rings is 1. The number of carbonyl (C=O) groups excluding carboxylic acids is 1. The Morgan fingerprint density at radius 2 is 2.20 bits per heavy atom. The van der Waals surface area contributed by atoms with E-state index in [2.05, 4.69) is 17.9 Å². The van der Waals surface area contributed by atoms with Gasteiger partial charge in [0.15, 0.2) is 0 Å². The average Bonchev–Trinajstić information content (AvgIpc) is 2.74. The molecule has 1 N–H and O–H groups in total. The van der Waals surface area contributed by atoms with Crippen molar-refractivity contribution in [2.75, 3.05) is 24.5 Å². The third-order valence-electron chi connectivity index (χ3n) is 4.32. The predicted octanol–water partition coefficient (Wildman–Crippen LogP) is 1.42. The molecule has 2 aliphatic rings. The molecule has 2 atom stereocenters. The molecule has 4 heteroatoms. The summed E-state index contributed by atoms with van der Waals surface area (Å²) in [7, 11) is 0. The molecule has 2 aliphatic heterocycles. The number of β-amino-alcohol motifs (C(OH)–C–C–N with tert-alkyl or cyclic N) is 1. The number of anilines is 1. The molecular formula is C16H22N2O2. The van der Waals surface area contributed by atoms with E-state index in [1.807, 2.05) is 23.1 Å². The number of piperidine rings is 1. The summed E-state index contributed by atoms with van der Waals surface area (Å²) < 4.78 is 0. The van der Waals surface area contributed by atoms with Gasteiger partial charge in [-0.05, 0) is 44.4 Å². The fraction of sp³-hybridized carbons (Fsp3) is 0.562. The van der Waals surface area contributed by atoms with Crippen molar-refractivity contribution < 1.29 is 9.90 Å². The minimum absolute atomic E-state index is 0.150. The second-order valence-corrected chi connectivity index (χ2v) is 5.98. The molecule has 3 rings (SSSR count). The summed E-state index contributed by atoms with van der Waals surface area (Å²) in [6.07, 6.45) is 2.48. The first-order chi connectivity index (χ1) is 9.65. The first kappa shape index (κ1) is 13.6. The molecule has 20 heavy (non-hydrogen) atoms. The number of nitrogens with zero attached hydrogens (tertiary/aromatic N) is 2. The van der Waals surface area contributed by atoms with Crippen molar-refractivity contribution in [3.05, 3.63) is 29.8 Å². The van der Waals surface area contributed by atoms with Gasteiger partial charge >= 0.3 is 0 Å². The Morgan fingerprint density at radius 3 is 3.00 bits per heavy atom. The van der Waals surface area contributed by atoms with Crippen LogP contribution in [0.2, 0.25) is 0 Å². The van der Waals surface area contributed by atoms with Gasteiger partial charge in [0.25, 0.3) is 0 Å². The van der Waals surface area contributed by atoms with E-state index in [0.717, 1.165) is 31.5 Å². The molecule has 1 fully saturated rings. The number of para-hydroxylation sites is 1. The van der Waals surface area contributed by atoms with Crippen LogP contribution in [0.25, 0.3) is 0 Å². The normalized spacial score (nSPS) is 26.6. The molecule has 0 aliphatic carbocycles. The summed E-state index contributed by atoms with van der Waals surface area (Å²) in [4.78, 5) is 16.6. The monoisotopic (exact) mass is 274 g/mol. The van der Waals surface area contributed by atoms with E-state index in [1.54, 1.807) is 0 Å². The minimum Gasteiger partial charge on any atom is -0.392 e. The second kappa shape index (κ2) is 5.54. The number of likely N-dealkylation sites (tertiary alicyclic amines) is 1. The highest BCUT2D eigenvalue weighted by Gasteiger charge is 2.31. The lowest BCUT2D eigenvalue weighted by molar-refractivity contribution is -0.120. The number of aliphatic hydroxyl groups excluding tert-OH is 1. The summed E-state index contributed by atoms with van der Waals surface area (Å²) in [5.41, 5.74) is 2.31. The summed E-state index contributed by atoms with van der Waals surface area (Å²) in [6.45, 7) is 4.04. The number of hydrogen-bond acceptors (Lipinski definition) is 3. The number of aliphatic hydroxyl groups is 1. The zero-order valence-corrected chi connectivity index (χ0v) is 12.0. The van der Waals surface area contributed by atoms with Gasteiger partial charge in [-0.25, -0.2) is 0 Å². The molecule has 2 heterocycles. The Morgan fingerprint density at radius 1 is 1.40 bits per heavy atom. The molecule has 0 saturated carbocycles. The smallest absolute Gasteiger partial charge is 0.241 e. The quantitative estimate of drug-likeness (QED) is 0.887. The molecule has 1 saturated heterocycles. The van der Waals surface area contributed by atoms with Crippen molar-refractivity contribution in [3.63, 3.8) is 0 Å². The second-order valence-electron chi connectivity index (χ2n) is 5.98. The minimum atomic E-state index is -0.278. The van der Waals surface area contributed by atoms with Crippen molar-refractivity contribution in [2.24, 2.45) is 0 Å². The largest absolute Gasteiger partial charge is 0.392 e. The maximum absolute atomic E-state index is 12.6. The van der Waals surface area contributed by atoms with Crippen LogP contribution in [-0.4, -0.2) is 47.7 Å². The first-order valence-electron chi connectivity index (χ1n) is 7.45. The van der Waals surface area contributed by atoms with Gasteiger partial charge in [0.1, 0.15) is 0 Å². The van der Waals surface area contributed by atoms with E-state index in [4.69, 9.17) is 0 Å². The number of amides is 1. The lowest BCUT2D eigenvalue weighted by atomic mass is 10.1. The third kappa shape index (κ3) is 2.58. The maximum atomic E-state index is 12.6. The van der Waals surface area contributed by atoms with Gasteiger partial charge in [-0.3, -0.25) is 9.69 Å². The van der Waals surface area contributed by atoms with Crippen LogP contribution < -0.4 is 4.90 Å². The van der Waals surface area contributed by atoms with Crippen LogP contribution in [0.5, 0.6) is 0 Å². The van der Waals surface area contributed by atoms with Gasteiger partial charge in [-0.2, -0.15) is 0 Å². The van der Waals surface area contributed by atoms with Crippen LogP contribution in [0.1, 0.15) is 25.3 Å². The Hall–Kier alpha value is -1.39. The maximum Gasteiger partial charge on any atom is 0.241 e. The Bertz CT molecular complexity index is 503. The van der Waals surface area contributed by atoms with Gasteiger partial charge in [-0.15, -0.1) is 0 Å². The van der Waals surface area contributed by atoms with E-state index < -0.39 is 0 Å². The Labute approximate surface area is 120 Å². The highest BCUT2D eigenvalue weighted by atomic mass is 16.3. The molecule has 108 valence electrons. The lowest BCUT2D eigenvalue weighted by Gasteiger charge is -2.32. The highest BCUT2D eigenvalue weighted by Crippen LogP contribution is 2.31. The van der Waals surface area contributed by atoms with Crippen LogP contribution in [0.3, 0.4) is 0 Å². The van der Waals surface area contributed by atoms with Crippen molar-refractivity contribution in [1.29, 1.82) is 0 Å². The van der Waals surface area contributed by atoms with Crippen LogP contribution in [0.15, 0.2) is 24.3 Å². The van der Waals surface area contributed by atoms with Gasteiger partial charge in [0.2, 0.25) is 5.91 Å². The molecule has 4 nitrogen and oxygen atoms in total. The van der Waals surface area contributed by atoms with E-state index in [1.165, 1.54) is 5.56 Å². The van der Waals surface area contributed by atoms with Crippen LogP contribution >= 0.6 is 0 Å². The van der Waals surface area contributed by atoms with Gasteiger partial charge < -0.3 is 10.0 Å². The van der Waals surface area contributed by atoms with Crippen molar-refractivity contribution in [3.8, 4) is 0 Å². The summed E-state index contributed by atoms with van der Waals surface area (Å²) in [6, 6.07) is 8.38. The summed E-state index contributed by atoms with van der Waals surface area (Å²) in [5, 5.41) is 9.70. The summed E-state index contributed by atoms with van der Waals surface area (Å²) >= 11 is 0. The molecule has 0 spiro atoms. The molecule has 1 unspecified atom stereocenters. The van der Waals surface area contributed by atoms with Crippen molar-refractivity contribution in [1.82, 2.24) is 4.90 Å². The first-order valence-corrected chi connectivity index (χ1v) is 7.45. The zero-order valence-electron chi connectivity index (χ0n) is 12.0. The van der Waals surface area contributed by atoms with Crippen molar-refractivity contribution in [2.45, 2.75) is 38.3 Å². The highest BCUT2D eigenvalue weighted by molar-refractivity contribution is 5.97. The zero-order chi connectivity index (χ0) is 14.1. The van der Waals surface area contributed by atoms with E-state index >= 15 is 0 Å². The molecule has 0 radical (unpaired) electrons. The fourth-order valence-corrected chi connectivity index (χ4v) is 3.39. The Balaban J connectivity index is 1.71. The topological polar surface area (TPSA) is 43.8 Å². The molecule has 0 aromatic heterocycles. The number of carbonyl (C=O) groups is 1. The van der Waals surface area contributed by atoms with Gasteiger partial charge in [-0.1, -0.05) is 18.2 Å². The molecule has 1 aromatic rings. The Kier molecular flexibility index (Phi) is 3.76. The SMILES string of the molecule is CC1Cc2ccccc2N1C(=O)CN1CCC[C@H](O)C1. The summed E-state index contributed by atoms with van der Waals surface area (Å²) in [5.74, 6) is 0.150. The predicted molar refractivity (Wildman–Crippen MR) is 78.8 cm³/mol. The van der Waals surface area contributed by atoms with Crippen LogP contribution in [-0.2, 0) is 11.2 Å². The average molecular weight is 274 g/mol.